The van der Waals surface area contributed by atoms with Crippen molar-refractivity contribution in [3.05, 3.63) is 75.7 Å². The molecule has 0 aliphatic rings. The van der Waals surface area contributed by atoms with Crippen LogP contribution < -0.4 is 5.32 Å². The fraction of sp³-hybridized carbons (Fsp3) is 0.0556. The molecule has 0 unspecified atom stereocenters. The predicted molar refractivity (Wildman–Crippen MR) is 114 cm³/mol. The van der Waals surface area contributed by atoms with Gasteiger partial charge in [0.15, 0.2) is 13.4 Å². The second kappa shape index (κ2) is 8.13. The Bertz CT molecular complexity index is 1040. The lowest BCUT2D eigenvalue weighted by molar-refractivity contribution is 0.829. The van der Waals surface area contributed by atoms with Gasteiger partial charge in [0.2, 0.25) is 0 Å². The van der Waals surface area contributed by atoms with Gasteiger partial charge in [-0.2, -0.15) is 0 Å². The summed E-state index contributed by atoms with van der Waals surface area (Å²) in [5, 5.41) is 10.9. The molecule has 130 valence electrons. The Kier molecular flexibility index (Phi) is 5.45. The second-order valence-corrected chi connectivity index (χ2v) is 9.01. The second-order valence-electron chi connectivity index (χ2n) is 5.30. The number of para-hydroxylation sites is 2. The SMILES string of the molecule is S=c1sc(SCc2csc(Nc3ccccc3)n2)nn1-c1ccccc1. The van der Waals surface area contributed by atoms with Gasteiger partial charge in [0.25, 0.3) is 0 Å². The highest BCUT2D eigenvalue weighted by Crippen LogP contribution is 2.29. The minimum Gasteiger partial charge on any atom is -0.332 e. The van der Waals surface area contributed by atoms with Crippen LogP contribution in [0.3, 0.4) is 0 Å². The molecular formula is C18H14N4S4. The number of benzene rings is 2. The van der Waals surface area contributed by atoms with Gasteiger partial charge in [0.1, 0.15) is 0 Å². The Morgan fingerprint density at radius 1 is 1.04 bits per heavy atom. The number of rotatable bonds is 6. The number of hydrogen-bond acceptors (Lipinski definition) is 7. The lowest BCUT2D eigenvalue weighted by Crippen LogP contribution is -1.95. The molecule has 0 atom stereocenters. The first-order valence-corrected chi connectivity index (χ1v) is 10.9. The van der Waals surface area contributed by atoms with Crippen LogP contribution in [0, 0.1) is 3.95 Å². The Morgan fingerprint density at radius 2 is 1.77 bits per heavy atom. The van der Waals surface area contributed by atoms with Crippen molar-refractivity contribution in [2.75, 3.05) is 5.32 Å². The van der Waals surface area contributed by atoms with Gasteiger partial charge in [-0.1, -0.05) is 59.5 Å². The van der Waals surface area contributed by atoms with Crippen molar-refractivity contribution < 1.29 is 0 Å². The third-order valence-corrected chi connectivity index (χ3v) is 6.66. The number of nitrogens with zero attached hydrogens (tertiary/aromatic N) is 3. The van der Waals surface area contributed by atoms with E-state index in [9.17, 15) is 0 Å². The molecular weight excluding hydrogens is 400 g/mol. The fourth-order valence-corrected chi connectivity index (χ4v) is 5.35. The molecule has 2 aromatic carbocycles. The highest BCUT2D eigenvalue weighted by molar-refractivity contribution is 8.00. The van der Waals surface area contributed by atoms with Crippen molar-refractivity contribution in [2.45, 2.75) is 10.1 Å². The van der Waals surface area contributed by atoms with Crippen LogP contribution >= 0.6 is 46.7 Å². The first-order valence-electron chi connectivity index (χ1n) is 7.83. The van der Waals surface area contributed by atoms with Gasteiger partial charge < -0.3 is 5.32 Å². The summed E-state index contributed by atoms with van der Waals surface area (Å²) in [6, 6.07) is 20.0. The van der Waals surface area contributed by atoms with E-state index in [1.165, 1.54) is 11.3 Å². The summed E-state index contributed by atoms with van der Waals surface area (Å²) >= 11 is 10.2. The van der Waals surface area contributed by atoms with E-state index >= 15 is 0 Å². The van der Waals surface area contributed by atoms with Gasteiger partial charge in [-0.25, -0.2) is 9.67 Å². The van der Waals surface area contributed by atoms with Gasteiger partial charge in [0, 0.05) is 16.8 Å². The van der Waals surface area contributed by atoms with Gasteiger partial charge in [-0.3, -0.25) is 0 Å². The monoisotopic (exact) mass is 414 g/mol. The summed E-state index contributed by atoms with van der Waals surface area (Å²) in [5.41, 5.74) is 3.06. The summed E-state index contributed by atoms with van der Waals surface area (Å²) in [7, 11) is 0. The van der Waals surface area contributed by atoms with Crippen LogP contribution in [0.5, 0.6) is 0 Å². The molecule has 0 amide bonds. The molecule has 0 saturated heterocycles. The van der Waals surface area contributed by atoms with Crippen LogP contribution in [0.25, 0.3) is 5.69 Å². The van der Waals surface area contributed by atoms with Gasteiger partial charge in [-0.05, 0) is 36.5 Å². The van der Waals surface area contributed by atoms with Crippen LogP contribution in [0.1, 0.15) is 5.69 Å². The summed E-state index contributed by atoms with van der Waals surface area (Å²) in [6.45, 7) is 0. The number of hydrogen-bond donors (Lipinski definition) is 1. The van der Waals surface area contributed by atoms with Gasteiger partial charge >= 0.3 is 0 Å². The molecule has 8 heteroatoms. The van der Waals surface area contributed by atoms with E-state index in [-0.39, 0.29) is 0 Å². The molecule has 0 aliphatic carbocycles. The molecule has 0 aliphatic heterocycles. The van der Waals surface area contributed by atoms with E-state index in [1.54, 1.807) is 23.1 Å². The average molecular weight is 415 g/mol. The molecule has 4 rings (SSSR count). The highest BCUT2D eigenvalue weighted by Gasteiger charge is 2.08. The quantitative estimate of drug-likeness (QED) is 0.302. The van der Waals surface area contributed by atoms with E-state index in [1.807, 2.05) is 65.3 Å². The molecule has 2 aromatic heterocycles. The zero-order valence-corrected chi connectivity index (χ0v) is 16.8. The summed E-state index contributed by atoms with van der Waals surface area (Å²) in [6.07, 6.45) is 0. The third-order valence-electron chi connectivity index (χ3n) is 3.45. The van der Waals surface area contributed by atoms with Crippen LogP contribution in [0.15, 0.2) is 70.4 Å². The smallest absolute Gasteiger partial charge is 0.187 e. The van der Waals surface area contributed by atoms with Crippen LogP contribution in [0.4, 0.5) is 10.8 Å². The van der Waals surface area contributed by atoms with Crippen molar-refractivity contribution in [1.29, 1.82) is 0 Å². The summed E-state index contributed by atoms with van der Waals surface area (Å²) in [4.78, 5) is 4.64. The maximum Gasteiger partial charge on any atom is 0.187 e. The summed E-state index contributed by atoms with van der Waals surface area (Å²) < 4.78 is 3.51. The van der Waals surface area contributed by atoms with Crippen LogP contribution in [-0.2, 0) is 5.75 Å². The maximum absolute atomic E-state index is 5.44. The number of thiazole rings is 1. The largest absolute Gasteiger partial charge is 0.332 e. The van der Waals surface area contributed by atoms with E-state index in [4.69, 9.17) is 12.2 Å². The topological polar surface area (TPSA) is 42.7 Å². The lowest BCUT2D eigenvalue weighted by Gasteiger charge is -2.00. The first-order chi connectivity index (χ1) is 12.8. The number of nitrogens with one attached hydrogen (secondary N) is 1. The first kappa shape index (κ1) is 17.4. The predicted octanol–water partition coefficient (Wildman–Crippen LogP) is 6.16. The molecule has 2 heterocycles. The molecule has 4 aromatic rings. The molecule has 0 radical (unpaired) electrons. The van der Waals surface area contributed by atoms with Gasteiger partial charge in [-0.15, -0.1) is 16.4 Å². The molecule has 4 nitrogen and oxygen atoms in total. The average Bonchev–Trinajstić information content (AvgIpc) is 3.28. The van der Waals surface area contributed by atoms with Crippen molar-refractivity contribution in [1.82, 2.24) is 14.8 Å². The van der Waals surface area contributed by atoms with E-state index in [0.29, 0.717) is 0 Å². The van der Waals surface area contributed by atoms with Gasteiger partial charge in [0.05, 0.1) is 11.4 Å². The summed E-state index contributed by atoms with van der Waals surface area (Å²) in [5.74, 6) is 0.768. The van der Waals surface area contributed by atoms with E-state index in [2.05, 4.69) is 20.8 Å². The highest BCUT2D eigenvalue weighted by atomic mass is 32.2. The fourth-order valence-electron chi connectivity index (χ4n) is 2.26. The molecule has 0 bridgehead atoms. The molecule has 26 heavy (non-hydrogen) atoms. The van der Waals surface area contributed by atoms with Crippen molar-refractivity contribution in [3.8, 4) is 5.69 Å². The third kappa shape index (κ3) is 4.21. The molecule has 0 fully saturated rings. The van der Waals surface area contributed by atoms with Crippen LogP contribution in [0.2, 0.25) is 0 Å². The Labute approximate surface area is 168 Å². The van der Waals surface area contributed by atoms with Crippen molar-refractivity contribution in [3.63, 3.8) is 0 Å². The molecule has 0 saturated carbocycles. The minimum atomic E-state index is 0.753. The molecule has 1 N–H and O–H groups in total. The maximum atomic E-state index is 5.44. The number of anilines is 2. The van der Waals surface area contributed by atoms with Crippen molar-refractivity contribution >= 4 is 57.5 Å². The standard InChI is InChI=1S/C18H14N4S4/c23-18-22(15-9-5-2-6-10-15)21-17(26-18)25-12-14-11-24-16(20-14)19-13-7-3-1-4-8-13/h1-11H,12H2,(H,19,20). The Hall–Kier alpha value is -2.00. The Morgan fingerprint density at radius 3 is 2.54 bits per heavy atom. The van der Waals surface area contributed by atoms with E-state index < -0.39 is 0 Å². The minimum absolute atomic E-state index is 0.753. The zero-order valence-electron chi connectivity index (χ0n) is 13.5. The van der Waals surface area contributed by atoms with E-state index in [0.717, 1.165) is 36.2 Å². The number of thioether (sulfide) groups is 1. The Balaban J connectivity index is 1.41. The normalized spacial score (nSPS) is 10.8. The zero-order chi connectivity index (χ0) is 17.8. The lowest BCUT2D eigenvalue weighted by atomic mass is 10.3. The van der Waals surface area contributed by atoms with Crippen LogP contribution in [-0.4, -0.2) is 14.8 Å². The number of aromatic nitrogens is 3. The molecule has 0 spiro atoms. The van der Waals surface area contributed by atoms with Crippen molar-refractivity contribution in [2.24, 2.45) is 0 Å².